The van der Waals surface area contributed by atoms with Gasteiger partial charge in [-0.1, -0.05) is 53.7 Å². The average Bonchev–Trinajstić information content (AvgIpc) is 2.16. The first-order valence-corrected chi connectivity index (χ1v) is 8.43. The fourth-order valence-corrected chi connectivity index (χ4v) is 8.22. The van der Waals surface area contributed by atoms with E-state index in [4.69, 9.17) is 9.53 Å². The summed E-state index contributed by atoms with van der Waals surface area (Å²) in [6.07, 6.45) is 3.68. The molecule has 0 aromatic rings. The molecule has 0 atom stereocenters. The molecule has 0 radical (unpaired) electrons. The largest absolute Gasteiger partial charge is 0.412 e. The summed E-state index contributed by atoms with van der Waals surface area (Å²) in [6, 6.07) is 0. The second kappa shape index (κ2) is 7.25. The van der Waals surface area contributed by atoms with Gasteiger partial charge in [0.15, 0.2) is 0 Å². The van der Waals surface area contributed by atoms with Crippen LogP contribution in [-0.4, -0.2) is 26.6 Å². The van der Waals surface area contributed by atoms with Crippen molar-refractivity contribution in [2.75, 3.05) is 13.2 Å². The van der Waals surface area contributed by atoms with Crippen LogP contribution in [0.4, 0.5) is 0 Å². The molecule has 16 heavy (non-hydrogen) atoms. The van der Waals surface area contributed by atoms with Crippen LogP contribution in [0.2, 0.25) is 16.6 Å². The molecule has 0 aromatic heterocycles. The molecule has 96 valence electrons. The number of hydrogen-bond acceptors (Lipinski definition) is 2. The van der Waals surface area contributed by atoms with E-state index in [0.717, 1.165) is 0 Å². The zero-order valence-corrected chi connectivity index (χ0v) is 12.7. The maximum absolute atomic E-state index is 8.69. The molecule has 0 aromatic carbocycles. The van der Waals surface area contributed by atoms with Gasteiger partial charge in [-0.25, -0.2) is 0 Å². The maximum atomic E-state index is 8.69. The number of aliphatic hydroxyl groups excluding tert-OH is 1. The summed E-state index contributed by atoms with van der Waals surface area (Å²) in [7, 11) is -1.71. The van der Waals surface area contributed by atoms with E-state index in [0.29, 0.717) is 23.2 Å². The van der Waals surface area contributed by atoms with Gasteiger partial charge in [0.25, 0.3) is 0 Å². The third-order valence-corrected chi connectivity index (χ3v) is 9.49. The fourth-order valence-electron chi connectivity index (χ4n) is 2.84. The summed E-state index contributed by atoms with van der Waals surface area (Å²) in [4.78, 5) is 0. The Balaban J connectivity index is 4.70. The van der Waals surface area contributed by atoms with Crippen molar-refractivity contribution in [3.8, 4) is 0 Å². The molecule has 1 N–H and O–H groups in total. The molecule has 0 amide bonds. The number of rotatable bonds is 7. The molecule has 0 aliphatic carbocycles. The molecule has 0 rings (SSSR count). The lowest BCUT2D eigenvalue weighted by Gasteiger charge is -2.41. The molecule has 0 fully saturated rings. The first kappa shape index (κ1) is 15.9. The van der Waals surface area contributed by atoms with Gasteiger partial charge in [0, 0.05) is 0 Å². The monoisotopic (exact) mass is 244 g/mol. The SMILES string of the molecule is CC(C)[Si](OC/C=C/CO)(C(C)C)C(C)C. The van der Waals surface area contributed by atoms with E-state index in [-0.39, 0.29) is 6.61 Å². The topological polar surface area (TPSA) is 29.5 Å². The van der Waals surface area contributed by atoms with Crippen LogP contribution in [0.3, 0.4) is 0 Å². The van der Waals surface area contributed by atoms with Crippen LogP contribution in [-0.2, 0) is 4.43 Å². The van der Waals surface area contributed by atoms with Crippen molar-refractivity contribution in [3.63, 3.8) is 0 Å². The molecule has 0 spiro atoms. The highest BCUT2D eigenvalue weighted by Crippen LogP contribution is 2.42. The van der Waals surface area contributed by atoms with Crippen LogP contribution in [0.1, 0.15) is 41.5 Å². The Kier molecular flexibility index (Phi) is 7.20. The van der Waals surface area contributed by atoms with Crippen LogP contribution in [0.15, 0.2) is 12.2 Å². The highest BCUT2D eigenvalue weighted by Gasteiger charge is 2.44. The highest BCUT2D eigenvalue weighted by atomic mass is 28.4. The van der Waals surface area contributed by atoms with E-state index in [9.17, 15) is 0 Å². The van der Waals surface area contributed by atoms with Gasteiger partial charge < -0.3 is 9.53 Å². The van der Waals surface area contributed by atoms with Crippen molar-refractivity contribution >= 4 is 8.32 Å². The van der Waals surface area contributed by atoms with Crippen molar-refractivity contribution in [3.05, 3.63) is 12.2 Å². The molecule has 0 heterocycles. The molecule has 0 unspecified atom stereocenters. The van der Waals surface area contributed by atoms with Crippen molar-refractivity contribution in [2.45, 2.75) is 58.2 Å². The van der Waals surface area contributed by atoms with Gasteiger partial charge in [0.05, 0.1) is 13.2 Å². The molecular formula is C13H28O2Si. The van der Waals surface area contributed by atoms with Crippen LogP contribution in [0.5, 0.6) is 0 Å². The fraction of sp³-hybridized carbons (Fsp3) is 0.846. The normalized spacial score (nSPS) is 13.6. The van der Waals surface area contributed by atoms with Gasteiger partial charge in [-0.2, -0.15) is 0 Å². The third kappa shape index (κ3) is 3.72. The van der Waals surface area contributed by atoms with Crippen LogP contribution in [0, 0.1) is 0 Å². The third-order valence-electron chi connectivity index (χ3n) is 3.41. The molecular weight excluding hydrogens is 216 g/mol. The predicted octanol–water partition coefficient (Wildman–Crippen LogP) is 3.73. The number of hydrogen-bond donors (Lipinski definition) is 1. The molecule has 0 bridgehead atoms. The van der Waals surface area contributed by atoms with Crippen molar-refractivity contribution in [1.29, 1.82) is 0 Å². The maximum Gasteiger partial charge on any atom is 0.200 e. The first-order valence-electron chi connectivity index (χ1n) is 6.29. The van der Waals surface area contributed by atoms with Crippen LogP contribution >= 0.6 is 0 Å². The van der Waals surface area contributed by atoms with Gasteiger partial charge in [0.2, 0.25) is 8.32 Å². The Labute approximate surface area is 102 Å². The Morgan fingerprint density at radius 2 is 1.38 bits per heavy atom. The van der Waals surface area contributed by atoms with E-state index >= 15 is 0 Å². The Hall–Kier alpha value is -0.123. The average molecular weight is 244 g/mol. The van der Waals surface area contributed by atoms with Gasteiger partial charge in [-0.15, -0.1) is 0 Å². The quantitative estimate of drug-likeness (QED) is 0.546. The van der Waals surface area contributed by atoms with Crippen molar-refractivity contribution < 1.29 is 9.53 Å². The minimum absolute atomic E-state index is 0.100. The zero-order valence-electron chi connectivity index (χ0n) is 11.7. The van der Waals surface area contributed by atoms with Crippen LogP contribution in [0.25, 0.3) is 0 Å². The Morgan fingerprint density at radius 1 is 0.938 bits per heavy atom. The molecule has 0 saturated carbocycles. The lowest BCUT2D eigenvalue weighted by atomic mass is 10.5. The standard InChI is InChI=1S/C13H28O2Si/c1-11(2)16(12(3)4,13(5)6)15-10-8-7-9-14/h7-8,11-14H,9-10H2,1-6H3/b8-7+. The molecule has 3 heteroatoms. The van der Waals surface area contributed by atoms with E-state index in [1.165, 1.54) is 0 Å². The van der Waals surface area contributed by atoms with Gasteiger partial charge in [-0.05, 0) is 16.6 Å². The van der Waals surface area contributed by atoms with E-state index in [2.05, 4.69) is 41.5 Å². The second-order valence-corrected chi connectivity index (χ2v) is 10.7. The van der Waals surface area contributed by atoms with Gasteiger partial charge in [-0.3, -0.25) is 0 Å². The van der Waals surface area contributed by atoms with Gasteiger partial charge in [0.1, 0.15) is 0 Å². The second-order valence-electron chi connectivity index (χ2n) is 5.28. The Bertz CT molecular complexity index is 188. The lowest BCUT2D eigenvalue weighted by molar-refractivity contribution is 0.311. The minimum Gasteiger partial charge on any atom is -0.412 e. The summed E-state index contributed by atoms with van der Waals surface area (Å²) in [5.74, 6) is 0. The first-order chi connectivity index (χ1) is 7.39. The van der Waals surface area contributed by atoms with E-state index in [1.54, 1.807) is 6.08 Å². The minimum atomic E-state index is -1.71. The summed E-state index contributed by atoms with van der Waals surface area (Å²) < 4.78 is 6.26. The van der Waals surface area contributed by atoms with Crippen LogP contribution < -0.4 is 0 Å². The summed E-state index contributed by atoms with van der Waals surface area (Å²) in [6.45, 7) is 14.4. The Morgan fingerprint density at radius 3 is 1.69 bits per heavy atom. The van der Waals surface area contributed by atoms with E-state index < -0.39 is 8.32 Å². The molecule has 0 saturated heterocycles. The smallest absolute Gasteiger partial charge is 0.200 e. The van der Waals surface area contributed by atoms with Gasteiger partial charge >= 0.3 is 0 Å². The zero-order chi connectivity index (χ0) is 12.8. The molecule has 2 nitrogen and oxygen atoms in total. The van der Waals surface area contributed by atoms with E-state index in [1.807, 2.05) is 6.08 Å². The summed E-state index contributed by atoms with van der Waals surface area (Å²) >= 11 is 0. The number of aliphatic hydroxyl groups is 1. The summed E-state index contributed by atoms with van der Waals surface area (Å²) in [5.41, 5.74) is 1.86. The van der Waals surface area contributed by atoms with Crippen molar-refractivity contribution in [2.24, 2.45) is 0 Å². The molecule has 0 aliphatic rings. The molecule has 0 aliphatic heterocycles. The van der Waals surface area contributed by atoms with Crippen molar-refractivity contribution in [1.82, 2.24) is 0 Å². The highest BCUT2D eigenvalue weighted by molar-refractivity contribution is 6.77. The predicted molar refractivity (Wildman–Crippen MR) is 73.2 cm³/mol. The lowest BCUT2D eigenvalue weighted by Crippen LogP contribution is -2.47. The summed E-state index contributed by atoms with van der Waals surface area (Å²) in [5, 5.41) is 8.69.